The van der Waals surface area contributed by atoms with E-state index in [2.05, 4.69) is 4.98 Å². The highest BCUT2D eigenvalue weighted by Gasteiger charge is 2.19. The minimum atomic E-state index is -0.565. The summed E-state index contributed by atoms with van der Waals surface area (Å²) in [5.74, 6) is -0.205. The van der Waals surface area contributed by atoms with Crippen LogP contribution in [0.2, 0.25) is 0 Å². The van der Waals surface area contributed by atoms with Crippen LogP contribution < -0.4 is 10.3 Å². The molecule has 0 fully saturated rings. The van der Waals surface area contributed by atoms with E-state index >= 15 is 0 Å². The zero-order chi connectivity index (χ0) is 27.0. The zero-order valence-electron chi connectivity index (χ0n) is 20.9. The lowest BCUT2D eigenvalue weighted by Gasteiger charge is -2.11. The molecule has 0 bridgehead atoms. The number of non-ortho nitro benzene ring substituents is 1. The number of aryl methyl sites for hydroxylation is 3. The number of carbonyl (C=O) groups is 1. The number of nitro groups is 1. The van der Waals surface area contributed by atoms with Gasteiger partial charge in [-0.25, -0.2) is 9.67 Å². The van der Waals surface area contributed by atoms with Gasteiger partial charge in [0.2, 0.25) is 0 Å². The molecule has 5 rings (SSSR count). The molecule has 3 aromatic heterocycles. The van der Waals surface area contributed by atoms with Crippen molar-refractivity contribution in [2.24, 2.45) is 0 Å². The van der Waals surface area contributed by atoms with E-state index in [1.807, 2.05) is 44.2 Å². The molecule has 0 N–H and O–H groups in total. The largest absolute Gasteiger partial charge is 0.482 e. The first-order valence-corrected chi connectivity index (χ1v) is 11.8. The van der Waals surface area contributed by atoms with E-state index in [0.29, 0.717) is 17.0 Å². The van der Waals surface area contributed by atoms with Crippen LogP contribution >= 0.6 is 0 Å². The molecule has 0 amide bonds. The molecule has 0 aliphatic heterocycles. The molecule has 190 valence electrons. The van der Waals surface area contributed by atoms with Crippen molar-refractivity contribution in [3.8, 4) is 22.7 Å². The van der Waals surface area contributed by atoms with Crippen LogP contribution in [-0.2, 0) is 0 Å². The number of aromatic nitrogens is 4. The van der Waals surface area contributed by atoms with Gasteiger partial charge in [0.1, 0.15) is 5.69 Å². The Morgan fingerprint density at radius 3 is 2.58 bits per heavy atom. The van der Waals surface area contributed by atoms with Crippen molar-refractivity contribution >= 4 is 17.1 Å². The van der Waals surface area contributed by atoms with Crippen LogP contribution in [0.25, 0.3) is 22.6 Å². The van der Waals surface area contributed by atoms with Gasteiger partial charge in [-0.3, -0.25) is 24.1 Å². The Kier molecular flexibility index (Phi) is 6.29. The maximum atomic E-state index is 13.6. The summed E-state index contributed by atoms with van der Waals surface area (Å²) in [6, 6.07) is 18.4. The van der Waals surface area contributed by atoms with Crippen molar-refractivity contribution < 1.29 is 14.5 Å². The first-order chi connectivity index (χ1) is 18.2. The van der Waals surface area contributed by atoms with Gasteiger partial charge in [0.15, 0.2) is 23.8 Å². The van der Waals surface area contributed by atoms with Crippen LogP contribution in [0, 0.1) is 30.9 Å². The number of fused-ring (bicyclic) bond motifs is 1. The highest BCUT2D eigenvalue weighted by Crippen LogP contribution is 2.25. The summed E-state index contributed by atoms with van der Waals surface area (Å²) in [6.45, 7) is 5.27. The van der Waals surface area contributed by atoms with E-state index in [-0.39, 0.29) is 34.8 Å². The minimum Gasteiger partial charge on any atom is -0.482 e. The maximum Gasteiger partial charge on any atom is 0.270 e. The van der Waals surface area contributed by atoms with Crippen molar-refractivity contribution in [3.63, 3.8) is 0 Å². The molecular formula is C28H23N5O5. The molecule has 0 unspecified atom stereocenters. The number of benzene rings is 2. The molecule has 0 radical (unpaired) electrons. The van der Waals surface area contributed by atoms with Gasteiger partial charge in [-0.1, -0.05) is 30.3 Å². The highest BCUT2D eigenvalue weighted by atomic mass is 16.6. The van der Waals surface area contributed by atoms with Gasteiger partial charge in [0, 0.05) is 29.6 Å². The van der Waals surface area contributed by atoms with Gasteiger partial charge in [0.05, 0.1) is 21.9 Å². The number of nitrogens with zero attached hydrogens (tertiary/aromatic N) is 5. The lowest BCUT2D eigenvalue weighted by atomic mass is 10.1. The van der Waals surface area contributed by atoms with Gasteiger partial charge in [-0.05, 0) is 50.6 Å². The summed E-state index contributed by atoms with van der Waals surface area (Å²) in [5.41, 5.74) is 4.08. The third-order valence-electron chi connectivity index (χ3n) is 6.22. The third-order valence-corrected chi connectivity index (χ3v) is 6.22. The van der Waals surface area contributed by atoms with E-state index in [9.17, 15) is 19.7 Å². The zero-order valence-corrected chi connectivity index (χ0v) is 20.9. The van der Waals surface area contributed by atoms with Crippen LogP contribution in [0.4, 0.5) is 5.69 Å². The topological polar surface area (TPSA) is 122 Å². The Morgan fingerprint density at radius 2 is 1.82 bits per heavy atom. The molecule has 5 aromatic rings. The van der Waals surface area contributed by atoms with Crippen molar-refractivity contribution in [2.45, 2.75) is 20.8 Å². The van der Waals surface area contributed by atoms with Gasteiger partial charge in [0.25, 0.3) is 11.2 Å². The predicted molar refractivity (Wildman–Crippen MR) is 141 cm³/mol. The van der Waals surface area contributed by atoms with Crippen LogP contribution in [-0.4, -0.2) is 36.5 Å². The Morgan fingerprint density at radius 1 is 1.03 bits per heavy atom. The van der Waals surface area contributed by atoms with E-state index in [1.54, 1.807) is 29.9 Å². The molecule has 0 atom stereocenters. The molecule has 0 saturated carbocycles. The second-order valence-electron chi connectivity index (χ2n) is 8.83. The van der Waals surface area contributed by atoms with Crippen molar-refractivity contribution in [1.82, 2.24) is 19.2 Å². The Hall–Kier alpha value is -5.12. The fourth-order valence-corrected chi connectivity index (χ4v) is 4.31. The summed E-state index contributed by atoms with van der Waals surface area (Å²) in [6.07, 6.45) is 1.58. The number of hydrogen-bond acceptors (Lipinski definition) is 7. The Labute approximate surface area is 216 Å². The first-order valence-electron chi connectivity index (χ1n) is 11.8. The quantitative estimate of drug-likeness (QED) is 0.178. The van der Waals surface area contributed by atoms with Gasteiger partial charge < -0.3 is 4.74 Å². The molecule has 0 spiro atoms. The van der Waals surface area contributed by atoms with Crippen molar-refractivity contribution in [1.29, 1.82) is 0 Å². The normalized spacial score (nSPS) is 11.0. The average Bonchev–Trinajstić information content (AvgIpc) is 3.28. The summed E-state index contributed by atoms with van der Waals surface area (Å²) in [4.78, 5) is 41.3. The number of para-hydroxylation sites is 1. The lowest BCUT2D eigenvalue weighted by Crippen LogP contribution is -2.20. The minimum absolute atomic E-state index is 0.155. The van der Waals surface area contributed by atoms with Crippen LogP contribution in [0.5, 0.6) is 5.75 Å². The van der Waals surface area contributed by atoms with Crippen molar-refractivity contribution in [3.05, 3.63) is 116 Å². The van der Waals surface area contributed by atoms with Crippen LogP contribution in [0.3, 0.4) is 0 Å². The number of ketones is 1. The lowest BCUT2D eigenvalue weighted by molar-refractivity contribution is -0.384. The summed E-state index contributed by atoms with van der Waals surface area (Å²) < 4.78 is 8.89. The predicted octanol–water partition coefficient (Wildman–Crippen LogP) is 4.64. The molecule has 10 heteroatoms. The molecule has 0 saturated heterocycles. The average molecular weight is 510 g/mol. The Bertz CT molecular complexity index is 1790. The van der Waals surface area contributed by atoms with E-state index in [4.69, 9.17) is 9.84 Å². The van der Waals surface area contributed by atoms with E-state index in [1.165, 1.54) is 28.7 Å². The molecule has 0 aliphatic carbocycles. The van der Waals surface area contributed by atoms with Crippen molar-refractivity contribution in [2.75, 3.05) is 6.61 Å². The molecule has 0 aliphatic rings. The number of hydrogen-bond donors (Lipinski definition) is 0. The number of ether oxygens (including phenoxy) is 1. The fourth-order valence-electron chi connectivity index (χ4n) is 4.31. The van der Waals surface area contributed by atoms with Crippen LogP contribution in [0.1, 0.15) is 27.3 Å². The van der Waals surface area contributed by atoms with Gasteiger partial charge >= 0.3 is 0 Å². The van der Waals surface area contributed by atoms with Gasteiger partial charge in [-0.2, -0.15) is 5.10 Å². The first kappa shape index (κ1) is 24.6. The number of nitro benzene ring substituents is 1. The standard InChI is InChI=1S/C28H23N5O5/c1-17-8-4-5-11-23(17)32-18(2)14-22(30-32)26-19(3)29-27-25(12-7-13-31(27)28(26)35)38-16-24(34)20-9-6-10-21(15-20)33(36)37/h4-15H,16H2,1-3H3. The number of carbonyl (C=O) groups excluding carboxylic acids is 1. The SMILES string of the molecule is Cc1ccccc1-n1nc(-c2c(C)nc3c(OCC(=O)c4cccc([N+](=O)[O-])c4)cccn3c2=O)cc1C. The second-order valence-corrected chi connectivity index (χ2v) is 8.83. The maximum absolute atomic E-state index is 13.6. The Balaban J connectivity index is 1.49. The highest BCUT2D eigenvalue weighted by molar-refractivity contribution is 5.97. The number of pyridine rings is 1. The molecule has 10 nitrogen and oxygen atoms in total. The molecular weight excluding hydrogens is 486 g/mol. The number of rotatable bonds is 7. The van der Waals surface area contributed by atoms with E-state index in [0.717, 1.165) is 16.9 Å². The molecule has 38 heavy (non-hydrogen) atoms. The number of Topliss-reactive ketones (excluding diaryl/α,β-unsaturated/α-hetero) is 1. The summed E-state index contributed by atoms with van der Waals surface area (Å²) in [7, 11) is 0. The van der Waals surface area contributed by atoms with Crippen LogP contribution in [0.15, 0.2) is 77.7 Å². The molecule has 2 aromatic carbocycles. The fraction of sp³-hybridized carbons (Fsp3) is 0.143. The van der Waals surface area contributed by atoms with Gasteiger partial charge in [-0.15, -0.1) is 0 Å². The monoisotopic (exact) mass is 509 g/mol. The molecule has 3 heterocycles. The second kappa shape index (κ2) is 9.74. The summed E-state index contributed by atoms with van der Waals surface area (Å²) in [5, 5.41) is 15.7. The third kappa shape index (κ3) is 4.43. The smallest absolute Gasteiger partial charge is 0.270 e. The van der Waals surface area contributed by atoms with E-state index < -0.39 is 10.7 Å². The summed E-state index contributed by atoms with van der Waals surface area (Å²) >= 11 is 0.